The molecule has 0 fully saturated rings. The van der Waals surface area contributed by atoms with Crippen LogP contribution in [0.25, 0.3) is 0 Å². The zero-order valence-electron chi connectivity index (χ0n) is 30.0. The van der Waals surface area contributed by atoms with Gasteiger partial charge in [0.1, 0.15) is 6.04 Å². The minimum absolute atomic E-state index is 0.00107. The van der Waals surface area contributed by atoms with Crippen LogP contribution in [0.1, 0.15) is 194 Å². The van der Waals surface area contributed by atoms with E-state index >= 15 is 0 Å². The van der Waals surface area contributed by atoms with Crippen LogP contribution in [0.4, 0.5) is 0 Å². The standard InChI is InChI=1S/C38H73NO6S/c1-3-5-7-9-11-13-15-17-19-21-23-25-27-29-36(42)39(35(38(44)45)33-46-32-34(41)31-40)37(43)30-28-26-24-22-20-18-16-14-12-10-8-6-4-2/h34-35,40-41H,3-33H2,1-2H3,(H,44,45). The number of thioether (sulfide) groups is 1. The quantitative estimate of drug-likeness (QED) is 0.0575. The SMILES string of the molecule is CCCCCCCCCCCCCCCC(=O)N(C(=O)CCCCCCCCCCCCCCC)C(CSCC(O)CO)C(=O)O. The van der Waals surface area contributed by atoms with Crippen molar-refractivity contribution in [1.29, 1.82) is 0 Å². The van der Waals surface area contributed by atoms with E-state index in [-0.39, 0.29) is 24.3 Å². The number of carbonyl (C=O) groups is 3. The second-order valence-corrected chi connectivity index (χ2v) is 14.4. The number of nitrogens with zero attached hydrogens (tertiary/aromatic N) is 1. The number of unbranched alkanes of at least 4 members (excludes halogenated alkanes) is 24. The smallest absolute Gasteiger partial charge is 0.327 e. The third-order valence-corrected chi connectivity index (χ3v) is 10.1. The highest BCUT2D eigenvalue weighted by Gasteiger charge is 2.34. The van der Waals surface area contributed by atoms with Gasteiger partial charge in [0.15, 0.2) is 0 Å². The lowest BCUT2D eigenvalue weighted by Gasteiger charge is -2.27. The van der Waals surface area contributed by atoms with Gasteiger partial charge in [-0.05, 0) is 12.8 Å². The fraction of sp³-hybridized carbons (Fsp3) is 0.921. The van der Waals surface area contributed by atoms with Crippen LogP contribution in [0.2, 0.25) is 0 Å². The van der Waals surface area contributed by atoms with Gasteiger partial charge in [-0.25, -0.2) is 4.79 Å². The Hall–Kier alpha value is -1.12. The Kier molecular flexibility index (Phi) is 32.9. The van der Waals surface area contributed by atoms with Gasteiger partial charge in [-0.15, -0.1) is 0 Å². The molecule has 2 amide bonds. The van der Waals surface area contributed by atoms with Gasteiger partial charge in [-0.1, -0.05) is 168 Å². The molecular formula is C38H73NO6S. The Morgan fingerprint density at radius 1 is 0.522 bits per heavy atom. The lowest BCUT2D eigenvalue weighted by molar-refractivity contribution is -0.157. The van der Waals surface area contributed by atoms with Crippen LogP contribution >= 0.6 is 11.8 Å². The summed E-state index contributed by atoms with van der Waals surface area (Å²) in [4.78, 5) is 39.7. The second-order valence-electron chi connectivity index (χ2n) is 13.4. The van der Waals surface area contributed by atoms with Crippen molar-refractivity contribution in [2.75, 3.05) is 18.1 Å². The fourth-order valence-corrected chi connectivity index (χ4v) is 6.97. The number of carbonyl (C=O) groups excluding carboxylic acids is 2. The lowest BCUT2D eigenvalue weighted by Crippen LogP contribution is -2.50. The van der Waals surface area contributed by atoms with Crippen molar-refractivity contribution in [1.82, 2.24) is 4.90 Å². The molecule has 2 atom stereocenters. The molecule has 0 aliphatic heterocycles. The summed E-state index contributed by atoms with van der Waals surface area (Å²) in [5, 5.41) is 28.7. The van der Waals surface area contributed by atoms with Gasteiger partial charge >= 0.3 is 5.97 Å². The minimum Gasteiger partial charge on any atom is -0.480 e. The van der Waals surface area contributed by atoms with E-state index in [2.05, 4.69) is 13.8 Å². The molecule has 46 heavy (non-hydrogen) atoms. The predicted molar refractivity (Wildman–Crippen MR) is 194 cm³/mol. The summed E-state index contributed by atoms with van der Waals surface area (Å²) < 4.78 is 0. The Bertz CT molecular complexity index is 679. The van der Waals surface area contributed by atoms with Crippen molar-refractivity contribution in [2.45, 2.75) is 206 Å². The van der Waals surface area contributed by atoms with Crippen LogP contribution in [-0.2, 0) is 14.4 Å². The van der Waals surface area contributed by atoms with Crippen molar-refractivity contribution >= 4 is 29.5 Å². The summed E-state index contributed by atoms with van der Waals surface area (Å²) in [6, 6.07) is -1.26. The molecule has 0 aromatic heterocycles. The van der Waals surface area contributed by atoms with Crippen molar-refractivity contribution in [3.8, 4) is 0 Å². The van der Waals surface area contributed by atoms with Crippen molar-refractivity contribution < 1.29 is 29.7 Å². The Morgan fingerprint density at radius 3 is 1.11 bits per heavy atom. The monoisotopic (exact) mass is 672 g/mol. The van der Waals surface area contributed by atoms with E-state index in [0.717, 1.165) is 55.2 Å². The van der Waals surface area contributed by atoms with E-state index in [4.69, 9.17) is 5.11 Å². The molecule has 8 heteroatoms. The third kappa shape index (κ3) is 26.9. The first kappa shape index (κ1) is 44.9. The average Bonchev–Trinajstić information content (AvgIpc) is 3.04. The summed E-state index contributed by atoms with van der Waals surface area (Å²) in [7, 11) is 0. The maximum Gasteiger partial charge on any atom is 0.327 e. The molecular weight excluding hydrogens is 598 g/mol. The van der Waals surface area contributed by atoms with E-state index < -0.39 is 36.5 Å². The van der Waals surface area contributed by atoms with E-state index in [1.807, 2.05) is 0 Å². The van der Waals surface area contributed by atoms with Gasteiger partial charge in [0.2, 0.25) is 11.8 Å². The van der Waals surface area contributed by atoms with E-state index in [1.165, 1.54) is 116 Å². The molecule has 272 valence electrons. The molecule has 0 aromatic rings. The zero-order chi connectivity index (χ0) is 34.1. The molecule has 0 saturated carbocycles. The van der Waals surface area contributed by atoms with Gasteiger partial charge in [-0.3, -0.25) is 14.5 Å². The average molecular weight is 672 g/mol. The lowest BCUT2D eigenvalue weighted by atomic mass is 10.0. The van der Waals surface area contributed by atoms with Gasteiger partial charge in [0.25, 0.3) is 0 Å². The molecule has 0 aliphatic carbocycles. The fourth-order valence-electron chi connectivity index (χ4n) is 5.94. The van der Waals surface area contributed by atoms with Crippen LogP contribution in [0.5, 0.6) is 0 Å². The highest BCUT2D eigenvalue weighted by molar-refractivity contribution is 7.99. The van der Waals surface area contributed by atoms with Crippen LogP contribution in [0.3, 0.4) is 0 Å². The Morgan fingerprint density at radius 2 is 0.826 bits per heavy atom. The molecule has 0 aliphatic rings. The molecule has 3 N–H and O–H groups in total. The Balaban J connectivity index is 4.53. The van der Waals surface area contributed by atoms with Crippen LogP contribution in [0.15, 0.2) is 0 Å². The number of hydrogen-bond donors (Lipinski definition) is 3. The van der Waals surface area contributed by atoms with E-state index in [1.54, 1.807) is 0 Å². The topological polar surface area (TPSA) is 115 Å². The van der Waals surface area contributed by atoms with Crippen LogP contribution < -0.4 is 0 Å². The molecule has 0 aromatic carbocycles. The van der Waals surface area contributed by atoms with Crippen molar-refractivity contribution in [2.24, 2.45) is 0 Å². The number of hydrogen-bond acceptors (Lipinski definition) is 6. The number of rotatable bonds is 35. The maximum atomic E-state index is 13.3. The number of aliphatic hydroxyl groups is 2. The van der Waals surface area contributed by atoms with Gasteiger partial charge in [0.05, 0.1) is 12.7 Å². The molecule has 2 unspecified atom stereocenters. The summed E-state index contributed by atoms with van der Waals surface area (Å²) >= 11 is 1.14. The van der Waals surface area contributed by atoms with E-state index in [0.29, 0.717) is 12.8 Å². The summed E-state index contributed by atoms with van der Waals surface area (Å²) in [6.45, 7) is 4.08. The normalized spacial score (nSPS) is 12.7. The molecule has 0 radical (unpaired) electrons. The number of imide groups is 1. The first-order valence-corrected chi connectivity index (χ1v) is 20.5. The largest absolute Gasteiger partial charge is 0.480 e. The third-order valence-electron chi connectivity index (χ3n) is 8.92. The number of carboxylic acid groups (broad SMARTS) is 1. The number of carboxylic acids is 1. The zero-order valence-corrected chi connectivity index (χ0v) is 30.8. The minimum atomic E-state index is -1.26. The number of aliphatic carboxylic acids is 1. The maximum absolute atomic E-state index is 13.3. The van der Waals surface area contributed by atoms with Crippen molar-refractivity contribution in [3.63, 3.8) is 0 Å². The molecule has 7 nitrogen and oxygen atoms in total. The predicted octanol–water partition coefficient (Wildman–Crippen LogP) is 9.84. The van der Waals surface area contributed by atoms with Crippen LogP contribution in [0, 0.1) is 0 Å². The van der Waals surface area contributed by atoms with Crippen LogP contribution in [-0.4, -0.2) is 68.3 Å². The number of aliphatic hydroxyl groups excluding tert-OH is 2. The van der Waals surface area contributed by atoms with Gasteiger partial charge < -0.3 is 15.3 Å². The first-order chi connectivity index (χ1) is 22.4. The van der Waals surface area contributed by atoms with Gasteiger partial charge in [0, 0.05) is 24.3 Å². The second kappa shape index (κ2) is 33.8. The van der Waals surface area contributed by atoms with E-state index in [9.17, 15) is 24.6 Å². The molecule has 0 heterocycles. The Labute approximate surface area is 287 Å². The molecule has 0 rings (SSSR count). The first-order valence-electron chi connectivity index (χ1n) is 19.3. The van der Waals surface area contributed by atoms with Crippen molar-refractivity contribution in [3.05, 3.63) is 0 Å². The highest BCUT2D eigenvalue weighted by atomic mass is 32.2. The van der Waals surface area contributed by atoms with Gasteiger partial charge in [-0.2, -0.15) is 11.8 Å². The summed E-state index contributed by atoms with van der Waals surface area (Å²) in [5.74, 6) is -1.87. The number of amides is 2. The summed E-state index contributed by atoms with van der Waals surface area (Å²) in [5.41, 5.74) is 0. The highest BCUT2D eigenvalue weighted by Crippen LogP contribution is 2.19. The summed E-state index contributed by atoms with van der Waals surface area (Å²) in [6.07, 6.45) is 30.5. The molecule has 0 saturated heterocycles. The molecule has 0 spiro atoms. The molecule has 0 bridgehead atoms.